The molecule has 0 bridgehead atoms. The van der Waals surface area contributed by atoms with Crippen LogP contribution in [-0.2, 0) is 0 Å². The van der Waals surface area contributed by atoms with Crippen molar-refractivity contribution in [2.75, 3.05) is 59.5 Å². The first-order chi connectivity index (χ1) is 70.5. The summed E-state index contributed by atoms with van der Waals surface area (Å²) in [6.07, 6.45) is 54.9. The van der Waals surface area contributed by atoms with E-state index in [-0.39, 0.29) is 0 Å². The van der Waals surface area contributed by atoms with Crippen molar-refractivity contribution in [3.63, 3.8) is 0 Å². The van der Waals surface area contributed by atoms with Gasteiger partial charge in [0.15, 0.2) is 52.0 Å². The van der Waals surface area contributed by atoms with E-state index in [1.165, 1.54) is 173 Å². The Morgan fingerprint density at radius 1 is 0.163 bits per heavy atom. The Hall–Kier alpha value is -8.25. The molecule has 9 atom stereocenters. The van der Waals surface area contributed by atoms with E-state index in [1.54, 1.807) is 0 Å². The summed E-state index contributed by atoms with van der Waals surface area (Å²) in [7, 11) is 0. The normalized spacial score (nSPS) is 14.0. The minimum Gasteiger partial charge on any atom is -0.490 e. The highest BCUT2D eigenvalue weighted by Gasteiger charge is 2.25. The molecule has 822 valence electrons. The molecule has 0 unspecified atom stereocenters. The Morgan fingerprint density at radius 3 is 0.442 bits per heavy atom. The molecule has 12 nitrogen and oxygen atoms in total. The molecular weight excluding hydrogens is 1810 g/mol. The van der Waals surface area contributed by atoms with Gasteiger partial charge in [0.25, 0.3) is 0 Å². The van der Waals surface area contributed by atoms with Crippen LogP contribution in [0.2, 0.25) is 0 Å². The molecular formula is C135H213N3O9. The van der Waals surface area contributed by atoms with Crippen LogP contribution in [0.15, 0.2) is 109 Å². The Kier molecular flexibility index (Phi) is 61.2. The second-order valence-electron chi connectivity index (χ2n) is 49.3. The van der Waals surface area contributed by atoms with Crippen molar-refractivity contribution in [2.24, 2.45) is 107 Å². The zero-order valence-electron chi connectivity index (χ0n) is 98.6. The van der Waals surface area contributed by atoms with Crippen LogP contribution in [0.4, 0.5) is 0 Å². The second-order valence-corrected chi connectivity index (χ2v) is 49.3. The Labute approximate surface area is 900 Å². The van der Waals surface area contributed by atoms with Crippen LogP contribution in [0.3, 0.4) is 0 Å². The van der Waals surface area contributed by atoms with Crippen LogP contribution in [0.25, 0.3) is 70.6 Å². The third kappa shape index (κ3) is 54.0. The van der Waals surface area contributed by atoms with E-state index in [9.17, 15) is 0 Å². The lowest BCUT2D eigenvalue weighted by molar-refractivity contribution is 0.216. The van der Waals surface area contributed by atoms with Gasteiger partial charge in [-0.25, -0.2) is 15.0 Å². The average Bonchev–Trinajstić information content (AvgIpc) is 0.790. The van der Waals surface area contributed by atoms with Crippen LogP contribution >= 0.6 is 0 Å². The molecule has 1 heterocycles. The van der Waals surface area contributed by atoms with Crippen molar-refractivity contribution in [2.45, 2.75) is 418 Å². The average molecular weight is 2020 g/mol. The summed E-state index contributed by atoms with van der Waals surface area (Å²) in [6, 6.07) is 38.8. The summed E-state index contributed by atoms with van der Waals surface area (Å²) in [6.45, 7) is 68.6. The van der Waals surface area contributed by atoms with Crippen LogP contribution in [0, 0.1) is 107 Å². The van der Waals surface area contributed by atoms with Gasteiger partial charge in [-0.2, -0.15) is 0 Å². The zero-order chi connectivity index (χ0) is 107. The topological polar surface area (TPSA) is 122 Å². The smallest absolute Gasteiger partial charge is 0.203 e. The molecule has 7 rings (SSSR count). The fourth-order valence-corrected chi connectivity index (χ4v) is 19.2. The first-order valence-electron chi connectivity index (χ1n) is 59.8. The molecule has 0 saturated heterocycles. The number of aromatic nitrogens is 3. The Balaban J connectivity index is 1.32. The van der Waals surface area contributed by atoms with Gasteiger partial charge in [0.05, 0.1) is 59.5 Å². The number of rotatable bonds is 81. The molecule has 0 amide bonds. The van der Waals surface area contributed by atoms with Crippen LogP contribution in [-0.4, -0.2) is 74.4 Å². The maximum absolute atomic E-state index is 6.92. The lowest BCUT2D eigenvalue weighted by atomic mass is 9.97. The molecule has 0 saturated carbocycles. The molecule has 12 heteroatoms. The Morgan fingerprint density at radius 2 is 0.299 bits per heavy atom. The first kappa shape index (κ1) is 126. The van der Waals surface area contributed by atoms with Gasteiger partial charge in [-0.05, 0) is 234 Å². The van der Waals surface area contributed by atoms with Crippen molar-refractivity contribution in [3.8, 4) is 85.9 Å². The van der Waals surface area contributed by atoms with Crippen LogP contribution < -0.4 is 42.6 Å². The minimum atomic E-state index is 0.545. The maximum Gasteiger partial charge on any atom is 0.203 e. The Bertz CT molecular complexity index is 4110. The quantitative estimate of drug-likeness (QED) is 0.0337. The molecule has 0 fully saturated rings. The lowest BCUT2D eigenvalue weighted by Crippen LogP contribution is -2.10. The number of hydrogen-bond donors (Lipinski definition) is 0. The van der Waals surface area contributed by atoms with E-state index in [1.807, 2.05) is 0 Å². The number of ether oxygens (including phenoxy) is 9. The van der Waals surface area contributed by atoms with Gasteiger partial charge in [0.2, 0.25) is 17.2 Å². The van der Waals surface area contributed by atoms with E-state index in [2.05, 4.69) is 333 Å². The molecule has 0 N–H and O–H groups in total. The minimum absolute atomic E-state index is 0.545. The largest absolute Gasteiger partial charge is 0.490 e. The highest BCUT2D eigenvalue weighted by atomic mass is 16.6. The van der Waals surface area contributed by atoms with Crippen molar-refractivity contribution in [3.05, 3.63) is 143 Å². The van der Waals surface area contributed by atoms with Crippen molar-refractivity contribution < 1.29 is 42.6 Å². The SMILES string of the molecule is CC(C)CCC[C@H](C)CCOc1cc(/C=C/c2ccc(-c3nc(-c4ccc(/C=C/c5cc(OCC[C@@H](C)CCCC(C)C)c(OCC[C@@H](C)CCCC(C)C)c(OCC[C@@H](C)CCCC(C)C)c5)cc4)nc(-c4ccc(/C=C/c5cc(OCC[C@@H](C)CCCC(C)C)c(OCC[C@@H](C)CCCC(C)C)c(OCC[C@@H](C)CCCC(C)C)c5)cc4)n3)cc2)cc(OCC[C@@H](C)CCCC(C)C)c1OCC[C@@H](C)CCCC(C)C. The fourth-order valence-electron chi connectivity index (χ4n) is 19.2. The first-order valence-corrected chi connectivity index (χ1v) is 59.8. The summed E-state index contributed by atoms with van der Waals surface area (Å²) in [5.41, 5.74) is 8.68. The van der Waals surface area contributed by atoms with E-state index < -0.39 is 0 Å². The van der Waals surface area contributed by atoms with Gasteiger partial charge in [0, 0.05) is 16.7 Å². The lowest BCUT2D eigenvalue weighted by Gasteiger charge is -2.21. The molecule has 0 aliphatic rings. The standard InChI is InChI=1S/C135H213N3O9/c1-97(2)37-28-46-106(19)73-82-139-124-91-118(92-125(140-83-74-107(20)47-29-38-98(3)4)130(124)145-88-79-112(25)52-34-43-103(13)14)58-55-115-61-67-121(68-62-115)133-136-134(122-69-63-116(64-70-122)56-59-119-93-126(141-84-75-108(21)48-30-39-99(5)6)131(146-89-80-113(26)53-35-44-104(15)16)127(94-119)142-85-76-109(22)49-31-40-100(7)8)138-135(137-133)123-71-65-117(66-72-123)57-60-120-95-128(143-86-77-110(23)50-32-41-101(9)10)132(147-90-81-114(27)54-36-45-105(17)18)129(96-120)144-87-78-111(24)51-33-42-102(11)12/h55-72,91-114H,28-54,73-90H2,1-27H3/b58-55+,59-56+,60-57+/t106-,107-,108-,109-,110-,111-,112-,113-,114-/m0/s1. The van der Waals surface area contributed by atoms with E-state index >= 15 is 0 Å². The highest BCUT2D eigenvalue weighted by molar-refractivity contribution is 5.78. The van der Waals surface area contributed by atoms with Crippen molar-refractivity contribution in [1.29, 1.82) is 0 Å². The van der Waals surface area contributed by atoms with Gasteiger partial charge >= 0.3 is 0 Å². The van der Waals surface area contributed by atoms with Gasteiger partial charge < -0.3 is 42.6 Å². The van der Waals surface area contributed by atoms with Gasteiger partial charge in [0.1, 0.15) is 0 Å². The molecule has 6 aromatic carbocycles. The van der Waals surface area contributed by atoms with Crippen molar-refractivity contribution >= 4 is 36.5 Å². The third-order valence-corrected chi connectivity index (χ3v) is 29.8. The fraction of sp³-hybridized carbons (Fsp3) is 0.667. The number of nitrogens with zero attached hydrogens (tertiary/aromatic N) is 3. The van der Waals surface area contributed by atoms with E-state index in [0.717, 1.165) is 160 Å². The molecule has 0 aliphatic carbocycles. The second kappa shape index (κ2) is 71.5. The third-order valence-electron chi connectivity index (χ3n) is 29.8. The predicted octanol–water partition coefficient (Wildman–Crippen LogP) is 40.5. The number of benzene rings is 6. The van der Waals surface area contributed by atoms with Gasteiger partial charge in [-0.1, -0.05) is 470 Å². The van der Waals surface area contributed by atoms with Gasteiger partial charge in [-0.15, -0.1) is 0 Å². The molecule has 147 heavy (non-hydrogen) atoms. The molecule has 0 radical (unpaired) electrons. The van der Waals surface area contributed by atoms with E-state index in [0.29, 0.717) is 183 Å². The summed E-state index contributed by atoms with van der Waals surface area (Å²) in [4.78, 5) is 16.1. The molecule has 1 aromatic heterocycles. The van der Waals surface area contributed by atoms with Crippen molar-refractivity contribution in [1.82, 2.24) is 15.0 Å². The van der Waals surface area contributed by atoms with Crippen LogP contribution in [0.1, 0.15) is 451 Å². The molecule has 0 aliphatic heterocycles. The summed E-state index contributed by atoms with van der Waals surface area (Å²) >= 11 is 0. The maximum atomic E-state index is 6.92. The van der Waals surface area contributed by atoms with Gasteiger partial charge in [-0.3, -0.25) is 0 Å². The van der Waals surface area contributed by atoms with E-state index in [4.69, 9.17) is 57.6 Å². The summed E-state index contributed by atoms with van der Waals surface area (Å²) in [5.74, 6) is 19.6. The monoisotopic (exact) mass is 2020 g/mol. The summed E-state index contributed by atoms with van der Waals surface area (Å²) < 4.78 is 62.3. The predicted molar refractivity (Wildman–Crippen MR) is 634 cm³/mol. The highest BCUT2D eigenvalue weighted by Crippen LogP contribution is 2.45. The molecule has 7 aromatic rings. The van der Waals surface area contributed by atoms with Crippen LogP contribution in [0.5, 0.6) is 51.7 Å². The zero-order valence-corrected chi connectivity index (χ0v) is 98.6. The molecule has 0 spiro atoms. The summed E-state index contributed by atoms with van der Waals surface area (Å²) in [5, 5.41) is 0. The number of hydrogen-bond acceptors (Lipinski definition) is 12.